The monoisotopic (exact) mass is 360 g/mol. The normalized spacial score (nSPS) is 11.0. The van der Waals surface area contributed by atoms with Crippen LogP contribution in [0.1, 0.15) is 5.56 Å². The average Bonchev–Trinajstić information content (AvgIpc) is 3.17. The summed E-state index contributed by atoms with van der Waals surface area (Å²) in [6.07, 6.45) is 3.81. The Kier molecular flexibility index (Phi) is 4.65. The molecule has 1 amide bonds. The zero-order valence-electron chi connectivity index (χ0n) is 15.0. The predicted molar refractivity (Wildman–Crippen MR) is 106 cm³/mol. The number of aromatic nitrogens is 4. The van der Waals surface area contributed by atoms with E-state index in [9.17, 15) is 4.79 Å². The molecule has 27 heavy (non-hydrogen) atoms. The van der Waals surface area contributed by atoms with Crippen molar-refractivity contribution in [2.24, 2.45) is 0 Å². The van der Waals surface area contributed by atoms with Crippen LogP contribution >= 0.6 is 0 Å². The van der Waals surface area contributed by atoms with E-state index in [1.54, 1.807) is 11.2 Å². The lowest BCUT2D eigenvalue weighted by atomic mass is 10.0. The lowest BCUT2D eigenvalue weighted by Gasteiger charge is -2.18. The molecule has 7 nitrogen and oxygen atoms in total. The minimum absolute atomic E-state index is 0.0518. The molecule has 0 atom stereocenters. The van der Waals surface area contributed by atoms with Crippen molar-refractivity contribution in [3.05, 3.63) is 60.7 Å². The van der Waals surface area contributed by atoms with Crippen molar-refractivity contribution in [1.29, 1.82) is 0 Å². The third-order valence-corrected chi connectivity index (χ3v) is 4.54. The Morgan fingerprint density at radius 1 is 1.11 bits per heavy atom. The largest absolute Gasteiger partial charge is 0.354 e. The molecule has 2 N–H and O–H groups in total. The number of rotatable bonds is 6. The minimum atomic E-state index is -0.0518. The van der Waals surface area contributed by atoms with Crippen molar-refractivity contribution >= 4 is 33.7 Å². The van der Waals surface area contributed by atoms with E-state index < -0.39 is 0 Å². The van der Waals surface area contributed by atoms with Crippen LogP contribution in [0.15, 0.2) is 55.1 Å². The molecule has 7 heteroatoms. The smallest absolute Gasteiger partial charge is 0.239 e. The first-order valence-corrected chi connectivity index (χ1v) is 8.81. The van der Waals surface area contributed by atoms with E-state index in [4.69, 9.17) is 0 Å². The van der Waals surface area contributed by atoms with Gasteiger partial charge >= 0.3 is 0 Å². The van der Waals surface area contributed by atoms with Crippen LogP contribution in [0.5, 0.6) is 0 Å². The summed E-state index contributed by atoms with van der Waals surface area (Å²) in [5.74, 6) is 0.603. The fourth-order valence-corrected chi connectivity index (χ4v) is 3.23. The van der Waals surface area contributed by atoms with Crippen LogP contribution in [0.25, 0.3) is 21.9 Å². The average molecular weight is 360 g/mol. The predicted octanol–water partition coefficient (Wildman–Crippen LogP) is 2.30. The molecule has 2 heterocycles. The number of carbonyl (C=O) groups excluding carboxylic acids is 1. The van der Waals surface area contributed by atoms with Crippen LogP contribution in [-0.2, 0) is 11.2 Å². The minimum Gasteiger partial charge on any atom is -0.354 e. The zero-order chi connectivity index (χ0) is 18.6. The molecule has 2 aromatic carbocycles. The molecule has 2 aromatic heterocycles. The van der Waals surface area contributed by atoms with Gasteiger partial charge < -0.3 is 15.2 Å². The van der Waals surface area contributed by atoms with E-state index in [-0.39, 0.29) is 12.5 Å². The number of nitrogens with zero attached hydrogens (tertiary/aromatic N) is 4. The lowest BCUT2D eigenvalue weighted by molar-refractivity contribution is -0.119. The molecular formula is C20H20N6O. The van der Waals surface area contributed by atoms with E-state index in [0.717, 1.165) is 11.9 Å². The Morgan fingerprint density at radius 2 is 1.96 bits per heavy atom. The first-order valence-electron chi connectivity index (χ1n) is 8.81. The molecule has 0 saturated carbocycles. The van der Waals surface area contributed by atoms with Crippen LogP contribution in [0.2, 0.25) is 0 Å². The Morgan fingerprint density at radius 3 is 2.89 bits per heavy atom. The standard InChI is InChI=1S/C20H20N6O/c1-26(20-18-19(23-12-22-18)24-13-25-20)11-17(27)21-10-9-15-7-4-6-14-5-2-3-8-16(14)15/h2-8,12-13H,9-11H2,1H3,(H,21,27)(H,22,23,24,25). The van der Waals surface area contributed by atoms with E-state index in [0.29, 0.717) is 18.0 Å². The van der Waals surface area contributed by atoms with Crippen molar-refractivity contribution in [2.45, 2.75) is 6.42 Å². The molecule has 136 valence electrons. The van der Waals surface area contributed by atoms with Gasteiger partial charge in [-0.3, -0.25) is 4.79 Å². The lowest BCUT2D eigenvalue weighted by Crippen LogP contribution is -2.36. The number of likely N-dealkylation sites (N-methyl/N-ethyl adjacent to an activating group) is 1. The maximum absolute atomic E-state index is 12.3. The third-order valence-electron chi connectivity index (χ3n) is 4.54. The third kappa shape index (κ3) is 3.57. The fraction of sp³-hybridized carbons (Fsp3) is 0.200. The Bertz CT molecular complexity index is 1080. The SMILES string of the molecule is CN(CC(=O)NCCc1cccc2ccccc12)c1ncnc2nc[nH]c12. The summed E-state index contributed by atoms with van der Waals surface area (Å²) in [5.41, 5.74) is 2.54. The van der Waals surface area contributed by atoms with Crippen LogP contribution in [0, 0.1) is 0 Å². The highest BCUT2D eigenvalue weighted by Gasteiger charge is 2.13. The van der Waals surface area contributed by atoms with Crippen molar-refractivity contribution in [3.8, 4) is 0 Å². The summed E-state index contributed by atoms with van der Waals surface area (Å²) in [6.45, 7) is 0.796. The summed E-state index contributed by atoms with van der Waals surface area (Å²) < 4.78 is 0. The number of amides is 1. The van der Waals surface area contributed by atoms with E-state index in [1.807, 2.05) is 19.2 Å². The van der Waals surface area contributed by atoms with Crippen LogP contribution in [-0.4, -0.2) is 46.0 Å². The van der Waals surface area contributed by atoms with Crippen molar-refractivity contribution < 1.29 is 4.79 Å². The van der Waals surface area contributed by atoms with Crippen molar-refractivity contribution in [2.75, 3.05) is 25.0 Å². The van der Waals surface area contributed by atoms with Gasteiger partial charge in [-0.25, -0.2) is 15.0 Å². The first-order chi connectivity index (χ1) is 13.2. The molecule has 0 saturated heterocycles. The van der Waals surface area contributed by atoms with Gasteiger partial charge in [0, 0.05) is 13.6 Å². The molecule has 0 radical (unpaired) electrons. The van der Waals surface area contributed by atoms with Gasteiger partial charge in [-0.15, -0.1) is 0 Å². The summed E-state index contributed by atoms with van der Waals surface area (Å²) in [4.78, 5) is 29.6. The van der Waals surface area contributed by atoms with Crippen molar-refractivity contribution in [1.82, 2.24) is 25.3 Å². The fourth-order valence-electron chi connectivity index (χ4n) is 3.23. The summed E-state index contributed by atoms with van der Waals surface area (Å²) >= 11 is 0. The van der Waals surface area contributed by atoms with Crippen molar-refractivity contribution in [3.63, 3.8) is 0 Å². The Hall–Kier alpha value is -3.48. The molecule has 0 spiro atoms. The van der Waals surface area contributed by atoms with Crippen LogP contribution in [0.3, 0.4) is 0 Å². The molecule has 0 aliphatic rings. The number of hydrogen-bond donors (Lipinski definition) is 2. The van der Waals surface area contributed by atoms with E-state index in [2.05, 4.69) is 55.6 Å². The van der Waals surface area contributed by atoms with Gasteiger partial charge in [0.05, 0.1) is 12.9 Å². The molecule has 4 rings (SSSR count). The topological polar surface area (TPSA) is 86.8 Å². The zero-order valence-corrected chi connectivity index (χ0v) is 15.0. The molecule has 0 bridgehead atoms. The molecule has 0 aliphatic heterocycles. The molecule has 4 aromatic rings. The van der Waals surface area contributed by atoms with Gasteiger partial charge in [-0.2, -0.15) is 0 Å². The van der Waals surface area contributed by atoms with Gasteiger partial charge in [-0.1, -0.05) is 42.5 Å². The van der Waals surface area contributed by atoms with Gasteiger partial charge in [0.15, 0.2) is 11.5 Å². The number of imidazole rings is 1. The second-order valence-corrected chi connectivity index (χ2v) is 6.39. The first kappa shape index (κ1) is 17.0. The Balaban J connectivity index is 1.36. The second kappa shape index (κ2) is 7.41. The van der Waals surface area contributed by atoms with Gasteiger partial charge in [0.2, 0.25) is 5.91 Å². The maximum atomic E-state index is 12.3. The number of carbonyl (C=O) groups is 1. The highest BCUT2D eigenvalue weighted by Crippen LogP contribution is 2.19. The Labute approximate surface area is 156 Å². The number of aromatic amines is 1. The highest BCUT2D eigenvalue weighted by atomic mass is 16.2. The summed E-state index contributed by atoms with van der Waals surface area (Å²) in [5, 5.41) is 5.44. The molecule has 0 fully saturated rings. The maximum Gasteiger partial charge on any atom is 0.239 e. The van der Waals surface area contributed by atoms with Gasteiger partial charge in [0.1, 0.15) is 11.8 Å². The quantitative estimate of drug-likeness (QED) is 0.551. The van der Waals surface area contributed by atoms with E-state index >= 15 is 0 Å². The molecule has 0 unspecified atom stereocenters. The molecular weight excluding hydrogens is 340 g/mol. The number of fused-ring (bicyclic) bond motifs is 2. The van der Waals surface area contributed by atoms with E-state index in [1.165, 1.54) is 22.7 Å². The van der Waals surface area contributed by atoms with Gasteiger partial charge in [-0.05, 0) is 22.8 Å². The van der Waals surface area contributed by atoms with Gasteiger partial charge in [0.25, 0.3) is 0 Å². The number of nitrogens with one attached hydrogen (secondary N) is 2. The summed E-state index contributed by atoms with van der Waals surface area (Å²) in [6, 6.07) is 14.6. The number of hydrogen-bond acceptors (Lipinski definition) is 5. The second-order valence-electron chi connectivity index (χ2n) is 6.39. The highest BCUT2D eigenvalue weighted by molar-refractivity contribution is 5.87. The number of benzene rings is 2. The summed E-state index contributed by atoms with van der Waals surface area (Å²) in [7, 11) is 1.83. The number of anilines is 1. The molecule has 0 aliphatic carbocycles. The van der Waals surface area contributed by atoms with Crippen LogP contribution in [0.4, 0.5) is 5.82 Å². The number of H-pyrrole nitrogens is 1. The van der Waals surface area contributed by atoms with Crippen LogP contribution < -0.4 is 10.2 Å².